The maximum Gasteiger partial charge on any atom is 0.138 e. The van der Waals surface area contributed by atoms with Gasteiger partial charge in [0.05, 0.1) is 39.6 Å². The van der Waals surface area contributed by atoms with Crippen LogP contribution >= 0.6 is 0 Å². The molecule has 3 heterocycles. The smallest absolute Gasteiger partial charge is 0.138 e. The van der Waals surface area contributed by atoms with Gasteiger partial charge in [-0.1, -0.05) is 141 Å². The fourth-order valence-electron chi connectivity index (χ4n) is 9.87. The first-order chi connectivity index (χ1) is 28.9. The Balaban J connectivity index is 1.17. The van der Waals surface area contributed by atoms with Gasteiger partial charge in [0.1, 0.15) is 5.82 Å². The Morgan fingerprint density at radius 1 is 0.525 bits per heavy atom. The first kappa shape index (κ1) is 35.2. The van der Waals surface area contributed by atoms with E-state index in [4.69, 9.17) is 9.92 Å². The second-order valence-electron chi connectivity index (χ2n) is 16.4. The second-order valence-corrected chi connectivity index (χ2v) is 16.4. The summed E-state index contributed by atoms with van der Waals surface area (Å²) in [5, 5.41) is 6.37. The largest absolute Gasteiger partial charge is 0.294 e. The number of pyridine rings is 1. The number of rotatable bonds is 7. The summed E-state index contributed by atoms with van der Waals surface area (Å²) in [5.74, 6) is 1.29. The van der Waals surface area contributed by atoms with Crippen LogP contribution < -0.4 is 10.1 Å². The van der Waals surface area contributed by atoms with E-state index < -0.39 is 5.41 Å². The number of fused-ring (bicyclic) bond motifs is 7. The summed E-state index contributed by atoms with van der Waals surface area (Å²) in [7, 11) is 0. The van der Waals surface area contributed by atoms with E-state index in [1.54, 1.807) is 0 Å². The molecule has 0 saturated carbocycles. The van der Waals surface area contributed by atoms with Gasteiger partial charge in [0, 0.05) is 17.0 Å². The molecule has 1 aliphatic heterocycles. The van der Waals surface area contributed by atoms with Gasteiger partial charge in [-0.25, -0.2) is 10.0 Å². The fourth-order valence-corrected chi connectivity index (χ4v) is 9.87. The van der Waals surface area contributed by atoms with Crippen molar-refractivity contribution in [2.24, 2.45) is 0 Å². The average Bonchev–Trinajstić information content (AvgIpc) is 3.93. The number of hydrogen-bond donors (Lipinski definition) is 0. The quantitative estimate of drug-likeness (QED) is 0.162. The molecule has 11 rings (SSSR count). The third kappa shape index (κ3) is 5.24. The number of hydrogen-bond acceptors (Lipinski definition) is 4. The molecule has 0 fully saturated rings. The summed E-state index contributed by atoms with van der Waals surface area (Å²) in [4.78, 5) is 11.7. The van der Waals surface area contributed by atoms with Gasteiger partial charge in [-0.05, 0) is 118 Å². The zero-order valence-corrected chi connectivity index (χ0v) is 33.7. The van der Waals surface area contributed by atoms with E-state index in [0.29, 0.717) is 5.92 Å². The van der Waals surface area contributed by atoms with Crippen LogP contribution in [0.25, 0.3) is 49.9 Å². The van der Waals surface area contributed by atoms with Gasteiger partial charge in [0.15, 0.2) is 0 Å². The molecule has 0 unspecified atom stereocenters. The van der Waals surface area contributed by atoms with Gasteiger partial charge >= 0.3 is 0 Å². The molecule has 5 nitrogen and oxygen atoms in total. The van der Waals surface area contributed by atoms with Crippen molar-refractivity contribution in [3.8, 4) is 28.1 Å². The molecule has 0 N–H and O–H groups in total. The molecular formula is C54H44N4O. The molecule has 2 aromatic heterocycles. The highest BCUT2D eigenvalue weighted by Crippen LogP contribution is 2.57. The molecule has 0 atom stereocenters. The van der Waals surface area contributed by atoms with Crippen LogP contribution in [-0.4, -0.2) is 15.6 Å². The normalized spacial score (nSPS) is 14.1. The highest BCUT2D eigenvalue weighted by molar-refractivity contribution is 6.09. The fraction of sp³-hybridized carbons (Fsp3) is 0.130. The SMILES string of the molecule is CC(C)c1ccccc1-c1ccnc(-n2c3ccccc3c3ccc(C4(c5cccc(N6ON(C(C)C)c7ccccc76)c5)c5ccccc5-c5ccccc54)cc32)c1. The van der Waals surface area contributed by atoms with Crippen LogP contribution in [-0.2, 0) is 10.4 Å². The third-order valence-corrected chi connectivity index (χ3v) is 12.4. The van der Waals surface area contributed by atoms with E-state index in [9.17, 15) is 0 Å². The van der Waals surface area contributed by atoms with Gasteiger partial charge < -0.3 is 0 Å². The van der Waals surface area contributed by atoms with Crippen molar-refractivity contribution >= 4 is 38.9 Å². The Morgan fingerprint density at radius 2 is 1.17 bits per heavy atom. The van der Waals surface area contributed by atoms with Gasteiger partial charge in [0.25, 0.3) is 0 Å². The maximum absolute atomic E-state index is 6.65. The predicted molar refractivity (Wildman–Crippen MR) is 243 cm³/mol. The Kier molecular flexibility index (Phi) is 8.11. The zero-order chi connectivity index (χ0) is 39.8. The first-order valence-electron chi connectivity index (χ1n) is 20.7. The van der Waals surface area contributed by atoms with Crippen LogP contribution in [0.15, 0.2) is 182 Å². The van der Waals surface area contributed by atoms with Gasteiger partial charge in [0.2, 0.25) is 0 Å². The monoisotopic (exact) mass is 764 g/mol. The minimum Gasteiger partial charge on any atom is -0.294 e. The Morgan fingerprint density at radius 3 is 1.93 bits per heavy atom. The summed E-state index contributed by atoms with van der Waals surface area (Å²) in [6.45, 7) is 8.84. The molecule has 0 saturated heterocycles. The Bertz CT molecular complexity index is 3040. The number of para-hydroxylation sites is 3. The summed E-state index contributed by atoms with van der Waals surface area (Å²) in [6, 6.07) is 64.4. The van der Waals surface area contributed by atoms with Crippen molar-refractivity contribution in [1.29, 1.82) is 0 Å². The number of aromatic nitrogens is 2. The molecule has 0 amide bonds. The summed E-state index contributed by atoms with van der Waals surface area (Å²) in [5.41, 5.74) is 15.8. The number of nitrogens with zero attached hydrogens (tertiary/aromatic N) is 4. The van der Waals surface area contributed by atoms with Crippen LogP contribution in [0.2, 0.25) is 0 Å². The van der Waals surface area contributed by atoms with Crippen LogP contribution in [0.5, 0.6) is 0 Å². The molecule has 2 aliphatic rings. The molecule has 5 heteroatoms. The topological polar surface area (TPSA) is 33.5 Å². The van der Waals surface area contributed by atoms with Crippen molar-refractivity contribution in [2.75, 3.05) is 10.1 Å². The van der Waals surface area contributed by atoms with E-state index in [-0.39, 0.29) is 6.04 Å². The van der Waals surface area contributed by atoms with Crippen molar-refractivity contribution in [3.63, 3.8) is 0 Å². The molecule has 286 valence electrons. The average molecular weight is 765 g/mol. The number of hydroxylamine groups is 1. The highest BCUT2D eigenvalue weighted by Gasteiger charge is 2.46. The Hall–Kier alpha value is -6.95. The highest BCUT2D eigenvalue weighted by atomic mass is 16.8. The minimum absolute atomic E-state index is 0.155. The van der Waals surface area contributed by atoms with E-state index in [1.807, 2.05) is 16.3 Å². The van der Waals surface area contributed by atoms with Gasteiger partial charge in [-0.15, -0.1) is 4.94 Å². The molecule has 1 aliphatic carbocycles. The lowest BCUT2D eigenvalue weighted by molar-refractivity contribution is 0.112. The predicted octanol–water partition coefficient (Wildman–Crippen LogP) is 13.5. The van der Waals surface area contributed by atoms with E-state index in [1.165, 1.54) is 55.3 Å². The van der Waals surface area contributed by atoms with Crippen LogP contribution in [0.4, 0.5) is 17.1 Å². The molecule has 9 aromatic rings. The van der Waals surface area contributed by atoms with Crippen molar-refractivity contribution in [1.82, 2.24) is 9.55 Å². The van der Waals surface area contributed by atoms with Crippen LogP contribution in [0, 0.1) is 0 Å². The van der Waals surface area contributed by atoms with Gasteiger partial charge in [-0.3, -0.25) is 4.57 Å². The second kappa shape index (κ2) is 13.6. The van der Waals surface area contributed by atoms with Crippen LogP contribution in [0.3, 0.4) is 0 Å². The molecule has 7 aromatic carbocycles. The molecule has 59 heavy (non-hydrogen) atoms. The zero-order valence-electron chi connectivity index (χ0n) is 33.7. The van der Waals surface area contributed by atoms with Crippen molar-refractivity contribution in [2.45, 2.75) is 45.1 Å². The standard InChI is InChI=1S/C54H44N4O/c1-35(2)41-18-5-6-19-42(41)37-30-31-55-53(32-37)56-49-25-12-9-22-45(49)46-29-28-39(34-52(46)56)54(47-23-10-7-20-43(47)44-21-8-11-24-48(44)54)38-16-15-17-40(33-38)58-51-27-14-13-26-50(51)57(59-58)36(3)4/h5-36H,1-4H3. The summed E-state index contributed by atoms with van der Waals surface area (Å²) >= 11 is 0. The summed E-state index contributed by atoms with van der Waals surface area (Å²) < 4.78 is 2.36. The lowest BCUT2D eigenvalue weighted by Gasteiger charge is -2.34. The molecular weight excluding hydrogens is 721 g/mol. The minimum atomic E-state index is -0.638. The van der Waals surface area contributed by atoms with E-state index in [2.05, 4.69) is 208 Å². The Labute approximate surface area is 345 Å². The number of benzene rings is 7. The van der Waals surface area contributed by atoms with E-state index >= 15 is 0 Å². The summed E-state index contributed by atoms with van der Waals surface area (Å²) in [6.07, 6.45) is 1.96. The molecule has 0 spiro atoms. The number of anilines is 3. The van der Waals surface area contributed by atoms with Crippen molar-refractivity contribution in [3.05, 3.63) is 210 Å². The molecule has 0 bridgehead atoms. The van der Waals surface area contributed by atoms with Crippen molar-refractivity contribution < 1.29 is 4.94 Å². The third-order valence-electron chi connectivity index (χ3n) is 12.4. The first-order valence-corrected chi connectivity index (χ1v) is 20.7. The van der Waals surface area contributed by atoms with E-state index in [0.717, 1.165) is 39.5 Å². The van der Waals surface area contributed by atoms with Gasteiger partial charge in [-0.2, -0.15) is 5.06 Å². The lowest BCUT2D eigenvalue weighted by atomic mass is 9.67. The molecule has 0 radical (unpaired) electrons. The van der Waals surface area contributed by atoms with Crippen LogP contribution in [0.1, 0.15) is 61.4 Å². The maximum atomic E-state index is 6.65. The lowest BCUT2D eigenvalue weighted by Crippen LogP contribution is -2.31.